The zero-order valence-corrected chi connectivity index (χ0v) is 10.2. The topological polar surface area (TPSA) is 38.0 Å². The van der Waals surface area contributed by atoms with E-state index in [1.165, 1.54) is 25.7 Å². The van der Waals surface area contributed by atoms with Gasteiger partial charge in [-0.1, -0.05) is 46.5 Å². The molecule has 3 N–H and O–H groups in total. The summed E-state index contributed by atoms with van der Waals surface area (Å²) >= 11 is 0. The van der Waals surface area contributed by atoms with E-state index in [1.54, 1.807) is 0 Å². The molecule has 2 heteroatoms. The first-order valence-corrected chi connectivity index (χ1v) is 6.20. The third kappa shape index (κ3) is 7.34. The lowest BCUT2D eigenvalue weighted by Gasteiger charge is -2.16. The molecule has 1 atom stereocenters. The Morgan fingerprint density at radius 2 is 1.71 bits per heavy atom. The monoisotopic (exact) mass is 200 g/mol. The molecule has 86 valence electrons. The molecular formula is C12H28N2. The Morgan fingerprint density at radius 1 is 1.07 bits per heavy atom. The van der Waals surface area contributed by atoms with E-state index in [0.29, 0.717) is 6.04 Å². The van der Waals surface area contributed by atoms with Crippen molar-refractivity contribution in [2.45, 2.75) is 58.9 Å². The first-order valence-electron chi connectivity index (χ1n) is 6.20. The number of nitrogens with two attached hydrogens (primary N) is 1. The fourth-order valence-corrected chi connectivity index (χ4v) is 1.62. The number of hydrogen-bond donors (Lipinski definition) is 2. The molecule has 0 rings (SSSR count). The van der Waals surface area contributed by atoms with Crippen LogP contribution in [0.25, 0.3) is 0 Å². The first kappa shape index (κ1) is 13.9. The van der Waals surface area contributed by atoms with Crippen LogP contribution in [0.5, 0.6) is 0 Å². The van der Waals surface area contributed by atoms with Crippen LogP contribution < -0.4 is 11.1 Å². The van der Waals surface area contributed by atoms with E-state index in [2.05, 4.69) is 26.1 Å². The fraction of sp³-hybridized carbons (Fsp3) is 1.00. The van der Waals surface area contributed by atoms with Crippen molar-refractivity contribution in [3.63, 3.8) is 0 Å². The molecule has 1 unspecified atom stereocenters. The molecule has 0 aliphatic heterocycles. The van der Waals surface area contributed by atoms with Crippen LogP contribution in [0.2, 0.25) is 0 Å². The maximum absolute atomic E-state index is 5.97. The summed E-state index contributed by atoms with van der Waals surface area (Å²) in [7, 11) is 0. The molecule has 14 heavy (non-hydrogen) atoms. The number of hydrogen-bond acceptors (Lipinski definition) is 2. The van der Waals surface area contributed by atoms with E-state index in [-0.39, 0.29) is 0 Å². The van der Waals surface area contributed by atoms with Gasteiger partial charge in [0.05, 0.1) is 0 Å². The number of rotatable bonds is 9. The third-order valence-corrected chi connectivity index (χ3v) is 2.92. The van der Waals surface area contributed by atoms with Crippen LogP contribution in [-0.2, 0) is 0 Å². The van der Waals surface area contributed by atoms with E-state index < -0.39 is 0 Å². The summed E-state index contributed by atoms with van der Waals surface area (Å²) in [5.41, 5.74) is 5.97. The second-order valence-electron chi connectivity index (χ2n) is 4.24. The summed E-state index contributed by atoms with van der Waals surface area (Å²) in [5, 5.41) is 3.47. The van der Waals surface area contributed by atoms with Crippen molar-refractivity contribution in [3.05, 3.63) is 0 Å². The lowest BCUT2D eigenvalue weighted by molar-refractivity contribution is 0.429. The molecule has 2 nitrogen and oxygen atoms in total. The van der Waals surface area contributed by atoms with Crippen molar-refractivity contribution in [2.75, 3.05) is 13.1 Å². The van der Waals surface area contributed by atoms with Crippen LogP contribution in [0, 0.1) is 5.92 Å². The van der Waals surface area contributed by atoms with E-state index in [1.807, 2.05) is 0 Å². The molecule has 0 bridgehead atoms. The molecule has 0 fully saturated rings. The normalized spacial score (nSPS) is 13.5. The van der Waals surface area contributed by atoms with Crippen molar-refractivity contribution < 1.29 is 0 Å². The number of unbranched alkanes of at least 4 members (excludes halogenated alkanes) is 1. The van der Waals surface area contributed by atoms with Crippen LogP contribution in [0.4, 0.5) is 0 Å². The molecule has 0 aromatic heterocycles. The molecule has 0 amide bonds. The van der Waals surface area contributed by atoms with Gasteiger partial charge in [-0.05, 0) is 18.9 Å². The largest absolute Gasteiger partial charge is 0.327 e. The highest BCUT2D eigenvalue weighted by Gasteiger charge is 2.04. The number of nitrogens with one attached hydrogen (secondary N) is 1. The minimum atomic E-state index is 0.351. The van der Waals surface area contributed by atoms with Crippen LogP contribution in [0.1, 0.15) is 52.9 Å². The average Bonchev–Trinajstić information content (AvgIpc) is 2.21. The zero-order chi connectivity index (χ0) is 10.8. The molecule has 0 saturated heterocycles. The lowest BCUT2D eigenvalue weighted by Crippen LogP contribution is -2.36. The summed E-state index contributed by atoms with van der Waals surface area (Å²) < 4.78 is 0. The summed E-state index contributed by atoms with van der Waals surface area (Å²) in [6, 6.07) is 0.351. The molecule has 0 spiro atoms. The van der Waals surface area contributed by atoms with Gasteiger partial charge in [-0.15, -0.1) is 0 Å². The summed E-state index contributed by atoms with van der Waals surface area (Å²) in [5.74, 6) is 0.827. The standard InChI is InChI=1S/C12H28N2/c1-4-7-8-12(13)10-14-9-11(5-2)6-3/h11-12,14H,4-10,13H2,1-3H3. The van der Waals surface area contributed by atoms with Crippen molar-refractivity contribution >= 4 is 0 Å². The van der Waals surface area contributed by atoms with Gasteiger partial charge in [-0.2, -0.15) is 0 Å². The van der Waals surface area contributed by atoms with E-state index in [9.17, 15) is 0 Å². The van der Waals surface area contributed by atoms with Gasteiger partial charge in [-0.3, -0.25) is 0 Å². The predicted octanol–water partition coefficient (Wildman–Crippen LogP) is 2.53. The Morgan fingerprint density at radius 3 is 2.21 bits per heavy atom. The molecule has 0 aliphatic carbocycles. The SMILES string of the molecule is CCCCC(N)CNCC(CC)CC. The Bertz CT molecular complexity index is 111. The predicted molar refractivity (Wildman–Crippen MR) is 64.4 cm³/mol. The molecule has 0 radical (unpaired) electrons. The maximum Gasteiger partial charge on any atom is 0.0165 e. The van der Waals surface area contributed by atoms with Gasteiger partial charge in [0.2, 0.25) is 0 Å². The molecule has 0 heterocycles. The first-order chi connectivity index (χ1) is 6.74. The van der Waals surface area contributed by atoms with Crippen molar-refractivity contribution in [2.24, 2.45) is 11.7 Å². The minimum Gasteiger partial charge on any atom is -0.327 e. The summed E-state index contributed by atoms with van der Waals surface area (Å²) in [6.07, 6.45) is 6.21. The van der Waals surface area contributed by atoms with Crippen molar-refractivity contribution in [1.29, 1.82) is 0 Å². The lowest BCUT2D eigenvalue weighted by atomic mass is 10.0. The Labute approximate surface area is 89.6 Å². The smallest absolute Gasteiger partial charge is 0.0165 e. The average molecular weight is 200 g/mol. The summed E-state index contributed by atoms with van der Waals surface area (Å²) in [6.45, 7) is 8.84. The molecular weight excluding hydrogens is 172 g/mol. The molecule has 0 aromatic rings. The fourth-order valence-electron chi connectivity index (χ4n) is 1.62. The third-order valence-electron chi connectivity index (χ3n) is 2.92. The molecule has 0 aromatic carbocycles. The van der Waals surface area contributed by atoms with Crippen LogP contribution in [-0.4, -0.2) is 19.1 Å². The van der Waals surface area contributed by atoms with Crippen LogP contribution in [0.3, 0.4) is 0 Å². The Hall–Kier alpha value is -0.0800. The summed E-state index contributed by atoms with van der Waals surface area (Å²) in [4.78, 5) is 0. The maximum atomic E-state index is 5.97. The van der Waals surface area contributed by atoms with Gasteiger partial charge >= 0.3 is 0 Å². The zero-order valence-electron chi connectivity index (χ0n) is 10.2. The van der Waals surface area contributed by atoms with Crippen LogP contribution in [0.15, 0.2) is 0 Å². The highest BCUT2D eigenvalue weighted by molar-refractivity contribution is 4.66. The van der Waals surface area contributed by atoms with Crippen molar-refractivity contribution in [1.82, 2.24) is 5.32 Å². The van der Waals surface area contributed by atoms with Crippen LogP contribution >= 0.6 is 0 Å². The van der Waals surface area contributed by atoms with Gasteiger partial charge in [-0.25, -0.2) is 0 Å². The van der Waals surface area contributed by atoms with Gasteiger partial charge in [0, 0.05) is 12.6 Å². The van der Waals surface area contributed by atoms with Gasteiger partial charge < -0.3 is 11.1 Å². The Balaban J connectivity index is 3.33. The van der Waals surface area contributed by atoms with E-state index in [4.69, 9.17) is 5.73 Å². The molecule has 0 saturated carbocycles. The van der Waals surface area contributed by atoms with E-state index in [0.717, 1.165) is 25.4 Å². The molecule has 0 aliphatic rings. The Kier molecular flexibility index (Phi) is 9.42. The van der Waals surface area contributed by atoms with Gasteiger partial charge in [0.15, 0.2) is 0 Å². The highest BCUT2D eigenvalue weighted by atomic mass is 14.9. The minimum absolute atomic E-state index is 0.351. The van der Waals surface area contributed by atoms with E-state index >= 15 is 0 Å². The van der Waals surface area contributed by atoms with Crippen molar-refractivity contribution in [3.8, 4) is 0 Å². The second-order valence-corrected chi connectivity index (χ2v) is 4.24. The second kappa shape index (κ2) is 9.47. The quantitative estimate of drug-likeness (QED) is 0.600. The highest BCUT2D eigenvalue weighted by Crippen LogP contribution is 2.05. The van der Waals surface area contributed by atoms with Gasteiger partial charge in [0.1, 0.15) is 0 Å². The van der Waals surface area contributed by atoms with Gasteiger partial charge in [0.25, 0.3) is 0 Å².